The maximum Gasteiger partial charge on any atom is 0.243 e. The van der Waals surface area contributed by atoms with Crippen LogP contribution in [-0.4, -0.2) is 50.0 Å². The molecule has 1 aliphatic heterocycles. The standard InChI is InChI=1S/C31H31F2N5O2/c1-19-34-23-10-6-7-11-25(23)37(19)18-27(39)38-17-21(32)16-26(38)30(40)36-28(20-8-4-3-5-9-20)24-13-12-22(29(33)35-24)31(2)14-15-31/h3-13,21,26,28H,14-18H2,1-2H3,(H,36,40). The molecule has 2 amide bonds. The Bertz CT molecular complexity index is 1580. The van der Waals surface area contributed by atoms with Crippen molar-refractivity contribution in [3.8, 4) is 0 Å². The van der Waals surface area contributed by atoms with Gasteiger partial charge in [-0.3, -0.25) is 9.59 Å². The Morgan fingerprint density at radius 1 is 1.05 bits per heavy atom. The number of hydrogen-bond acceptors (Lipinski definition) is 4. The monoisotopic (exact) mass is 543 g/mol. The minimum absolute atomic E-state index is 0.0576. The van der Waals surface area contributed by atoms with Crippen molar-refractivity contribution in [2.24, 2.45) is 0 Å². The molecule has 9 heteroatoms. The average molecular weight is 544 g/mol. The zero-order valence-electron chi connectivity index (χ0n) is 22.5. The lowest BCUT2D eigenvalue weighted by molar-refractivity contribution is -0.139. The van der Waals surface area contributed by atoms with E-state index < -0.39 is 30.1 Å². The molecule has 3 heterocycles. The topological polar surface area (TPSA) is 80.1 Å². The second-order valence-electron chi connectivity index (χ2n) is 11.1. The highest BCUT2D eigenvalue weighted by molar-refractivity contribution is 5.89. The van der Waals surface area contributed by atoms with Crippen LogP contribution >= 0.6 is 0 Å². The number of nitrogens with one attached hydrogen (secondary N) is 1. The number of imidazole rings is 1. The number of para-hydroxylation sites is 2. The quantitative estimate of drug-likeness (QED) is 0.341. The van der Waals surface area contributed by atoms with Gasteiger partial charge in [0.05, 0.1) is 29.3 Å². The molecular weight excluding hydrogens is 512 g/mol. The van der Waals surface area contributed by atoms with Crippen LogP contribution in [0.3, 0.4) is 0 Å². The third-order valence-electron chi connectivity index (χ3n) is 8.25. The average Bonchev–Trinajstić information content (AvgIpc) is 3.44. The van der Waals surface area contributed by atoms with Crippen molar-refractivity contribution in [1.82, 2.24) is 24.8 Å². The predicted molar refractivity (Wildman–Crippen MR) is 147 cm³/mol. The Hall–Kier alpha value is -4.14. The van der Waals surface area contributed by atoms with Crippen LogP contribution in [-0.2, 0) is 21.5 Å². The molecule has 3 unspecified atom stereocenters. The first-order valence-corrected chi connectivity index (χ1v) is 13.6. The molecule has 6 rings (SSSR count). The van der Waals surface area contributed by atoms with Gasteiger partial charge < -0.3 is 14.8 Å². The molecule has 1 aliphatic carbocycles. The summed E-state index contributed by atoms with van der Waals surface area (Å²) in [6.45, 7) is 3.60. The Labute approximate surface area is 231 Å². The van der Waals surface area contributed by atoms with Crippen LogP contribution in [0, 0.1) is 12.9 Å². The van der Waals surface area contributed by atoms with Gasteiger partial charge in [0.2, 0.25) is 17.8 Å². The molecule has 2 aromatic carbocycles. The van der Waals surface area contributed by atoms with E-state index >= 15 is 4.39 Å². The molecular formula is C31H31F2N5O2. The summed E-state index contributed by atoms with van der Waals surface area (Å²) in [5, 5.41) is 2.95. The third-order valence-corrected chi connectivity index (χ3v) is 8.25. The SMILES string of the molecule is Cc1nc2ccccc2n1CC(=O)N1CC(F)CC1C(=O)NC(c1ccccc1)c1ccc(C2(C)CC2)c(F)n1. The number of benzene rings is 2. The summed E-state index contributed by atoms with van der Waals surface area (Å²) in [5.41, 5.74) is 3.00. The number of carbonyl (C=O) groups excluding carboxylic acids is 2. The first-order valence-electron chi connectivity index (χ1n) is 13.6. The lowest BCUT2D eigenvalue weighted by Gasteiger charge is -2.27. The van der Waals surface area contributed by atoms with Gasteiger partial charge >= 0.3 is 0 Å². The molecule has 1 N–H and O–H groups in total. The summed E-state index contributed by atoms with van der Waals surface area (Å²) in [7, 11) is 0. The number of halogens is 2. The van der Waals surface area contributed by atoms with Gasteiger partial charge in [-0.25, -0.2) is 14.4 Å². The molecule has 0 bridgehead atoms. The molecule has 0 radical (unpaired) electrons. The van der Waals surface area contributed by atoms with Gasteiger partial charge in [0.15, 0.2) is 0 Å². The van der Waals surface area contributed by atoms with E-state index in [0.29, 0.717) is 22.6 Å². The molecule has 40 heavy (non-hydrogen) atoms. The number of fused-ring (bicyclic) bond motifs is 1. The van der Waals surface area contributed by atoms with Crippen LogP contribution in [0.5, 0.6) is 0 Å². The zero-order valence-corrected chi connectivity index (χ0v) is 22.5. The van der Waals surface area contributed by atoms with Gasteiger partial charge in [-0.2, -0.15) is 4.39 Å². The maximum atomic E-state index is 15.1. The van der Waals surface area contributed by atoms with Crippen molar-refractivity contribution >= 4 is 22.8 Å². The van der Waals surface area contributed by atoms with Crippen molar-refractivity contribution in [2.45, 2.75) is 63.3 Å². The highest BCUT2D eigenvalue weighted by Gasteiger charge is 2.43. The van der Waals surface area contributed by atoms with E-state index in [1.807, 2.05) is 68.4 Å². The molecule has 1 saturated heterocycles. The molecule has 2 fully saturated rings. The number of carbonyl (C=O) groups is 2. The molecule has 1 saturated carbocycles. The van der Waals surface area contributed by atoms with Crippen molar-refractivity contribution in [3.63, 3.8) is 0 Å². The minimum Gasteiger partial charge on any atom is -0.342 e. The first kappa shape index (κ1) is 26.1. The van der Waals surface area contributed by atoms with Gasteiger partial charge in [-0.15, -0.1) is 0 Å². The van der Waals surface area contributed by atoms with Gasteiger partial charge in [0.1, 0.15) is 24.6 Å². The third kappa shape index (κ3) is 4.85. The lowest BCUT2D eigenvalue weighted by Crippen LogP contribution is -2.48. The highest BCUT2D eigenvalue weighted by Crippen LogP contribution is 2.48. The predicted octanol–water partition coefficient (Wildman–Crippen LogP) is 4.78. The van der Waals surface area contributed by atoms with Crippen LogP contribution in [0.15, 0.2) is 66.7 Å². The van der Waals surface area contributed by atoms with Gasteiger partial charge in [0, 0.05) is 12.0 Å². The summed E-state index contributed by atoms with van der Waals surface area (Å²) in [4.78, 5) is 37.2. The van der Waals surface area contributed by atoms with E-state index in [-0.39, 0.29) is 30.8 Å². The lowest BCUT2D eigenvalue weighted by atomic mass is 9.97. The smallest absolute Gasteiger partial charge is 0.243 e. The largest absolute Gasteiger partial charge is 0.342 e. The molecule has 4 aromatic rings. The zero-order chi connectivity index (χ0) is 28.0. The minimum atomic E-state index is -1.33. The van der Waals surface area contributed by atoms with Gasteiger partial charge in [0.25, 0.3) is 0 Å². The van der Waals surface area contributed by atoms with Crippen molar-refractivity contribution < 1.29 is 18.4 Å². The second-order valence-corrected chi connectivity index (χ2v) is 11.1. The summed E-state index contributed by atoms with van der Waals surface area (Å²) in [6, 6.07) is 18.3. The summed E-state index contributed by atoms with van der Waals surface area (Å²) < 4.78 is 31.6. The van der Waals surface area contributed by atoms with Gasteiger partial charge in [-0.05, 0) is 48.9 Å². The van der Waals surface area contributed by atoms with Crippen LogP contribution in [0.2, 0.25) is 0 Å². The fraction of sp³-hybridized carbons (Fsp3) is 0.355. The maximum absolute atomic E-state index is 15.1. The number of hydrogen-bond donors (Lipinski definition) is 1. The van der Waals surface area contributed by atoms with E-state index in [0.717, 1.165) is 23.9 Å². The fourth-order valence-corrected chi connectivity index (χ4v) is 5.66. The number of nitrogens with zero attached hydrogens (tertiary/aromatic N) is 4. The van der Waals surface area contributed by atoms with Crippen molar-refractivity contribution in [2.75, 3.05) is 6.54 Å². The Kier molecular flexibility index (Phi) is 6.60. The number of likely N-dealkylation sites (tertiary alicyclic amines) is 1. The number of aryl methyl sites for hydroxylation is 1. The molecule has 3 atom stereocenters. The summed E-state index contributed by atoms with van der Waals surface area (Å²) in [5.74, 6) is -0.756. The van der Waals surface area contributed by atoms with E-state index in [2.05, 4.69) is 15.3 Å². The molecule has 0 spiro atoms. The number of aromatic nitrogens is 3. The molecule has 2 aromatic heterocycles. The summed E-state index contributed by atoms with van der Waals surface area (Å²) in [6.07, 6.45) is 0.383. The molecule has 206 valence electrons. The Morgan fingerprint density at radius 2 is 1.77 bits per heavy atom. The molecule has 7 nitrogen and oxygen atoms in total. The molecule has 2 aliphatic rings. The van der Waals surface area contributed by atoms with Gasteiger partial charge in [-0.1, -0.05) is 55.5 Å². The van der Waals surface area contributed by atoms with Crippen LogP contribution < -0.4 is 5.32 Å². The van der Waals surface area contributed by atoms with Crippen LogP contribution in [0.1, 0.15) is 54.9 Å². The Morgan fingerprint density at radius 3 is 2.50 bits per heavy atom. The number of alkyl halides is 1. The van der Waals surface area contributed by atoms with Crippen LogP contribution in [0.25, 0.3) is 11.0 Å². The number of pyridine rings is 1. The van der Waals surface area contributed by atoms with E-state index in [9.17, 15) is 14.0 Å². The normalized spacial score (nSPS) is 20.4. The second kappa shape index (κ2) is 10.1. The number of amides is 2. The summed E-state index contributed by atoms with van der Waals surface area (Å²) >= 11 is 0. The van der Waals surface area contributed by atoms with E-state index in [1.165, 1.54) is 4.90 Å². The van der Waals surface area contributed by atoms with Crippen LogP contribution in [0.4, 0.5) is 8.78 Å². The fourth-order valence-electron chi connectivity index (χ4n) is 5.66. The Balaban J connectivity index is 1.26. The number of rotatable bonds is 7. The van der Waals surface area contributed by atoms with E-state index in [1.54, 1.807) is 16.7 Å². The van der Waals surface area contributed by atoms with Crippen molar-refractivity contribution in [1.29, 1.82) is 0 Å². The van der Waals surface area contributed by atoms with E-state index in [4.69, 9.17) is 0 Å². The first-order chi connectivity index (χ1) is 19.2. The highest BCUT2D eigenvalue weighted by atomic mass is 19.1. The van der Waals surface area contributed by atoms with Crippen molar-refractivity contribution in [3.05, 3.63) is 95.3 Å².